The fourth-order valence-corrected chi connectivity index (χ4v) is 10.7. The third kappa shape index (κ3) is 5.15. The summed E-state index contributed by atoms with van der Waals surface area (Å²) >= 11 is 1.87. The SMILES string of the molecule is CC1(C)c2ccccc2-c2ccc(N(c3ccc4c(c3)C(C)(C)c3cc(-c5ccccc5)ccc3N4c3ccccc3)c3ccc4sc5ccccc5c4c3)cc21. The van der Waals surface area contributed by atoms with Crippen molar-refractivity contribution in [2.75, 3.05) is 9.80 Å². The highest BCUT2D eigenvalue weighted by Crippen LogP contribution is 2.55. The van der Waals surface area contributed by atoms with E-state index in [1.165, 1.54) is 76.1 Å². The third-order valence-corrected chi connectivity index (χ3v) is 13.8. The van der Waals surface area contributed by atoms with Gasteiger partial charge in [-0.2, -0.15) is 0 Å². The van der Waals surface area contributed by atoms with Crippen LogP contribution in [0.1, 0.15) is 49.9 Å². The van der Waals surface area contributed by atoms with Crippen molar-refractivity contribution in [2.24, 2.45) is 0 Å². The summed E-state index contributed by atoms with van der Waals surface area (Å²) in [5.74, 6) is 0. The van der Waals surface area contributed by atoms with Crippen LogP contribution >= 0.6 is 11.3 Å². The number of anilines is 6. The molecule has 0 amide bonds. The Morgan fingerprint density at radius 2 is 0.965 bits per heavy atom. The maximum absolute atomic E-state index is 2.49. The van der Waals surface area contributed by atoms with Gasteiger partial charge >= 0.3 is 0 Å². The highest BCUT2D eigenvalue weighted by atomic mass is 32.1. The Morgan fingerprint density at radius 1 is 0.404 bits per heavy atom. The van der Waals surface area contributed by atoms with Gasteiger partial charge in [0.05, 0.1) is 11.4 Å². The quantitative estimate of drug-likeness (QED) is 0.173. The molecule has 8 aromatic carbocycles. The number of para-hydroxylation sites is 1. The predicted octanol–water partition coefficient (Wildman–Crippen LogP) is 15.6. The van der Waals surface area contributed by atoms with Crippen molar-refractivity contribution in [3.8, 4) is 22.3 Å². The van der Waals surface area contributed by atoms with Gasteiger partial charge in [0.1, 0.15) is 0 Å². The lowest BCUT2D eigenvalue weighted by Gasteiger charge is -2.43. The van der Waals surface area contributed by atoms with Crippen molar-refractivity contribution in [3.05, 3.63) is 204 Å². The molecule has 11 rings (SSSR count). The van der Waals surface area contributed by atoms with E-state index < -0.39 is 0 Å². The van der Waals surface area contributed by atoms with E-state index in [9.17, 15) is 0 Å². The Bertz CT molecular complexity index is 3030. The Morgan fingerprint density at radius 3 is 1.77 bits per heavy atom. The van der Waals surface area contributed by atoms with Gasteiger partial charge in [0.2, 0.25) is 0 Å². The minimum atomic E-state index is -0.294. The first-order valence-electron chi connectivity index (χ1n) is 19.9. The van der Waals surface area contributed by atoms with Gasteiger partial charge in [0.25, 0.3) is 0 Å². The average molecular weight is 751 g/mol. The van der Waals surface area contributed by atoms with Crippen LogP contribution in [0.5, 0.6) is 0 Å². The molecule has 1 aromatic heterocycles. The second-order valence-corrected chi connectivity index (χ2v) is 17.7. The van der Waals surface area contributed by atoms with Crippen LogP contribution in [-0.4, -0.2) is 0 Å². The molecule has 9 aromatic rings. The van der Waals surface area contributed by atoms with Crippen molar-refractivity contribution in [1.29, 1.82) is 0 Å². The molecular formula is C54H42N2S. The summed E-state index contributed by atoms with van der Waals surface area (Å²) in [7, 11) is 0. The largest absolute Gasteiger partial charge is 0.310 e. The second kappa shape index (κ2) is 12.5. The van der Waals surface area contributed by atoms with E-state index >= 15 is 0 Å². The lowest BCUT2D eigenvalue weighted by Crippen LogP contribution is -2.31. The maximum Gasteiger partial charge on any atom is 0.0504 e. The molecule has 1 aliphatic heterocycles. The zero-order valence-corrected chi connectivity index (χ0v) is 33.4. The van der Waals surface area contributed by atoms with Crippen molar-refractivity contribution < 1.29 is 0 Å². The Balaban J connectivity index is 1.14. The third-order valence-electron chi connectivity index (χ3n) is 12.6. The first-order chi connectivity index (χ1) is 27.8. The van der Waals surface area contributed by atoms with E-state index in [-0.39, 0.29) is 10.8 Å². The molecule has 1 aliphatic carbocycles. The standard InChI is InChI=1S/C54H42N2S/c1-53(2)45-21-13-11-19-41(45)42-27-24-39(33-46(42)53)55(38-26-30-52-44(32-38)43-20-12-14-22-51(43)57-52)40-25-29-50-48(34-40)54(3,4)47-31-36(35-15-7-5-8-16-35)23-28-49(47)56(50)37-17-9-6-10-18-37/h5-34H,1-4H3. The highest BCUT2D eigenvalue weighted by molar-refractivity contribution is 7.25. The number of fused-ring (bicyclic) bond motifs is 8. The number of nitrogens with zero attached hydrogens (tertiary/aromatic N) is 2. The summed E-state index contributed by atoms with van der Waals surface area (Å²) in [6.07, 6.45) is 0. The van der Waals surface area contributed by atoms with Gasteiger partial charge in [-0.1, -0.05) is 131 Å². The summed E-state index contributed by atoms with van der Waals surface area (Å²) in [4.78, 5) is 4.95. The first kappa shape index (κ1) is 33.9. The molecular weight excluding hydrogens is 709 g/mol. The van der Waals surface area contributed by atoms with E-state index in [0.29, 0.717) is 0 Å². The molecule has 274 valence electrons. The fourth-order valence-electron chi connectivity index (χ4n) is 9.66. The summed E-state index contributed by atoms with van der Waals surface area (Å²) in [5, 5.41) is 2.60. The number of benzene rings is 8. The normalized spacial score (nSPS) is 14.6. The van der Waals surface area contributed by atoms with Crippen molar-refractivity contribution in [2.45, 2.75) is 38.5 Å². The number of hydrogen-bond donors (Lipinski definition) is 0. The van der Waals surface area contributed by atoms with Crippen molar-refractivity contribution in [1.82, 2.24) is 0 Å². The maximum atomic E-state index is 2.49. The molecule has 0 fully saturated rings. The molecule has 2 nitrogen and oxygen atoms in total. The molecule has 0 unspecified atom stereocenters. The zero-order valence-electron chi connectivity index (χ0n) is 32.6. The molecule has 2 aliphatic rings. The van der Waals surface area contributed by atoms with Gasteiger partial charge in [-0.25, -0.2) is 0 Å². The van der Waals surface area contributed by atoms with Crippen LogP contribution in [-0.2, 0) is 10.8 Å². The molecule has 2 heterocycles. The Hall–Kier alpha value is -6.42. The van der Waals surface area contributed by atoms with Crippen LogP contribution in [0.2, 0.25) is 0 Å². The van der Waals surface area contributed by atoms with Crippen molar-refractivity contribution in [3.63, 3.8) is 0 Å². The van der Waals surface area contributed by atoms with Crippen LogP contribution in [0.15, 0.2) is 182 Å². The summed E-state index contributed by atoms with van der Waals surface area (Å²) in [5.41, 5.74) is 17.1. The van der Waals surface area contributed by atoms with Gasteiger partial charge in [0.15, 0.2) is 0 Å². The topological polar surface area (TPSA) is 6.48 Å². The highest BCUT2D eigenvalue weighted by Gasteiger charge is 2.39. The zero-order chi connectivity index (χ0) is 38.5. The van der Waals surface area contributed by atoms with Crippen LogP contribution < -0.4 is 9.80 Å². The molecule has 0 bridgehead atoms. The van der Waals surface area contributed by atoms with Gasteiger partial charge in [-0.15, -0.1) is 11.3 Å². The smallest absolute Gasteiger partial charge is 0.0504 e. The van der Waals surface area contributed by atoms with E-state index in [1.54, 1.807) is 0 Å². The van der Waals surface area contributed by atoms with E-state index in [0.717, 1.165) is 22.7 Å². The van der Waals surface area contributed by atoms with Gasteiger partial charge in [0, 0.05) is 53.8 Å². The minimum Gasteiger partial charge on any atom is -0.310 e. The first-order valence-corrected chi connectivity index (χ1v) is 20.7. The minimum absolute atomic E-state index is 0.116. The summed E-state index contributed by atoms with van der Waals surface area (Å²) < 4.78 is 2.62. The molecule has 0 saturated carbocycles. The lowest BCUT2D eigenvalue weighted by atomic mass is 9.72. The van der Waals surface area contributed by atoms with Crippen LogP contribution in [0, 0.1) is 0 Å². The van der Waals surface area contributed by atoms with E-state index in [2.05, 4.69) is 219 Å². The average Bonchev–Trinajstić information content (AvgIpc) is 3.73. The Labute approximate surface area is 338 Å². The number of thiophene rings is 1. The summed E-state index contributed by atoms with van der Waals surface area (Å²) in [6.45, 7) is 9.54. The summed E-state index contributed by atoms with van der Waals surface area (Å²) in [6, 6.07) is 67.6. The molecule has 0 saturated heterocycles. The van der Waals surface area contributed by atoms with E-state index in [1.807, 2.05) is 11.3 Å². The Kier molecular flexibility index (Phi) is 7.46. The molecule has 3 heteroatoms. The van der Waals surface area contributed by atoms with Gasteiger partial charge in [-0.3, -0.25) is 0 Å². The molecule has 0 N–H and O–H groups in total. The van der Waals surface area contributed by atoms with Gasteiger partial charge < -0.3 is 9.80 Å². The molecule has 0 atom stereocenters. The fraction of sp³-hybridized carbons (Fsp3) is 0.111. The predicted molar refractivity (Wildman–Crippen MR) is 244 cm³/mol. The van der Waals surface area contributed by atoms with E-state index in [4.69, 9.17) is 0 Å². The van der Waals surface area contributed by atoms with Crippen molar-refractivity contribution >= 4 is 65.6 Å². The van der Waals surface area contributed by atoms with Gasteiger partial charge in [-0.05, 0) is 123 Å². The van der Waals surface area contributed by atoms with Crippen LogP contribution in [0.3, 0.4) is 0 Å². The molecule has 0 radical (unpaired) electrons. The monoisotopic (exact) mass is 750 g/mol. The second-order valence-electron chi connectivity index (χ2n) is 16.6. The lowest BCUT2D eigenvalue weighted by molar-refractivity contribution is 0.632. The van der Waals surface area contributed by atoms with Crippen LogP contribution in [0.25, 0.3) is 42.4 Å². The molecule has 57 heavy (non-hydrogen) atoms. The number of hydrogen-bond acceptors (Lipinski definition) is 3. The number of rotatable bonds is 5. The molecule has 0 spiro atoms. The van der Waals surface area contributed by atoms with Crippen LogP contribution in [0.4, 0.5) is 34.1 Å².